The number of aromatic nitrogens is 4. The molecule has 4 rings (SSSR count). The summed E-state index contributed by atoms with van der Waals surface area (Å²) < 4.78 is 42.4. The fourth-order valence-corrected chi connectivity index (χ4v) is 3.39. The lowest BCUT2D eigenvalue weighted by Gasteiger charge is -2.34. The van der Waals surface area contributed by atoms with Gasteiger partial charge in [0.15, 0.2) is 5.69 Å². The number of piperazine rings is 1. The first-order valence-corrected chi connectivity index (χ1v) is 9.38. The normalized spacial score (nSPS) is 14.8. The molecule has 1 amide bonds. The molecule has 1 fully saturated rings. The predicted octanol–water partition coefficient (Wildman–Crippen LogP) is 2.95. The van der Waals surface area contributed by atoms with Crippen molar-refractivity contribution in [1.29, 1.82) is 0 Å². The van der Waals surface area contributed by atoms with Gasteiger partial charge in [-0.05, 0) is 25.1 Å². The largest absolute Gasteiger partial charge is 0.434 e. The standard InChI is InChI=1S/C20H19F3N6O/c1-14-3-5-15(6-4-14)29-17(20(21,22)23)16(13-26-29)18(30)27-9-11-28(12-10-27)19-24-7-2-8-25-19/h2-8,13H,9-12H2,1H3. The van der Waals surface area contributed by atoms with E-state index in [1.54, 1.807) is 42.7 Å². The van der Waals surface area contributed by atoms with Crippen molar-refractivity contribution in [3.05, 3.63) is 65.7 Å². The Morgan fingerprint density at radius 3 is 2.23 bits per heavy atom. The Labute approximate surface area is 170 Å². The molecule has 1 saturated heterocycles. The van der Waals surface area contributed by atoms with Gasteiger partial charge in [-0.2, -0.15) is 18.3 Å². The average Bonchev–Trinajstić information content (AvgIpc) is 3.20. The molecule has 30 heavy (non-hydrogen) atoms. The van der Waals surface area contributed by atoms with Gasteiger partial charge in [-0.25, -0.2) is 14.6 Å². The number of hydrogen-bond acceptors (Lipinski definition) is 5. The molecule has 0 aliphatic carbocycles. The molecule has 156 valence electrons. The van der Waals surface area contributed by atoms with Crippen LogP contribution in [0.3, 0.4) is 0 Å². The van der Waals surface area contributed by atoms with Crippen molar-refractivity contribution in [3.63, 3.8) is 0 Å². The second kappa shape index (κ2) is 7.77. The molecular formula is C20H19F3N6O. The molecule has 3 heterocycles. The van der Waals surface area contributed by atoms with E-state index in [0.29, 0.717) is 19.0 Å². The summed E-state index contributed by atoms with van der Waals surface area (Å²) in [5, 5.41) is 3.88. The average molecular weight is 416 g/mol. The number of nitrogens with zero attached hydrogens (tertiary/aromatic N) is 6. The lowest BCUT2D eigenvalue weighted by atomic mass is 10.1. The van der Waals surface area contributed by atoms with Crippen LogP contribution < -0.4 is 4.90 Å². The fraction of sp³-hybridized carbons (Fsp3) is 0.300. The van der Waals surface area contributed by atoms with Gasteiger partial charge in [-0.15, -0.1) is 0 Å². The van der Waals surface area contributed by atoms with E-state index in [-0.39, 0.29) is 18.8 Å². The topological polar surface area (TPSA) is 67.2 Å². The molecule has 0 unspecified atom stereocenters. The Bertz CT molecular complexity index is 1020. The minimum Gasteiger partial charge on any atom is -0.337 e. The van der Waals surface area contributed by atoms with Gasteiger partial charge in [-0.1, -0.05) is 17.7 Å². The summed E-state index contributed by atoms with van der Waals surface area (Å²) in [5.41, 5.74) is -0.355. The predicted molar refractivity (Wildman–Crippen MR) is 103 cm³/mol. The highest BCUT2D eigenvalue weighted by Gasteiger charge is 2.41. The number of anilines is 1. The van der Waals surface area contributed by atoms with Crippen molar-refractivity contribution >= 4 is 11.9 Å². The molecule has 1 aliphatic rings. The van der Waals surface area contributed by atoms with E-state index in [0.717, 1.165) is 16.4 Å². The minimum absolute atomic E-state index is 0.248. The summed E-state index contributed by atoms with van der Waals surface area (Å²) in [7, 11) is 0. The number of rotatable bonds is 3. The van der Waals surface area contributed by atoms with Gasteiger partial charge in [-0.3, -0.25) is 4.79 Å². The van der Waals surface area contributed by atoms with Gasteiger partial charge in [0.1, 0.15) is 0 Å². The Hall–Kier alpha value is -3.43. The lowest BCUT2D eigenvalue weighted by molar-refractivity contribution is -0.143. The Balaban J connectivity index is 1.58. The van der Waals surface area contributed by atoms with Crippen LogP contribution in [0.4, 0.5) is 19.1 Å². The molecule has 1 aliphatic heterocycles. The van der Waals surface area contributed by atoms with Gasteiger partial charge < -0.3 is 9.80 Å². The van der Waals surface area contributed by atoms with E-state index in [2.05, 4.69) is 15.1 Å². The van der Waals surface area contributed by atoms with Crippen LogP contribution in [0.2, 0.25) is 0 Å². The fourth-order valence-electron chi connectivity index (χ4n) is 3.39. The maximum atomic E-state index is 13.9. The smallest absolute Gasteiger partial charge is 0.337 e. The number of alkyl halides is 3. The van der Waals surface area contributed by atoms with Crippen LogP contribution in [0.1, 0.15) is 21.6 Å². The van der Waals surface area contributed by atoms with Crippen LogP contribution in [-0.4, -0.2) is 56.7 Å². The van der Waals surface area contributed by atoms with Crippen molar-refractivity contribution in [3.8, 4) is 5.69 Å². The summed E-state index contributed by atoms with van der Waals surface area (Å²) in [6.07, 6.45) is -0.492. The zero-order chi connectivity index (χ0) is 21.3. The van der Waals surface area contributed by atoms with Crippen LogP contribution in [-0.2, 0) is 6.18 Å². The molecule has 0 atom stereocenters. The molecule has 1 aromatic carbocycles. The molecule has 0 saturated carbocycles. The molecule has 10 heteroatoms. The first-order valence-electron chi connectivity index (χ1n) is 9.38. The Morgan fingerprint density at radius 2 is 1.63 bits per heavy atom. The SMILES string of the molecule is Cc1ccc(-n2ncc(C(=O)N3CCN(c4ncccn4)CC3)c2C(F)(F)F)cc1. The van der Waals surface area contributed by atoms with Crippen LogP contribution in [0.5, 0.6) is 0 Å². The summed E-state index contributed by atoms with van der Waals surface area (Å²) in [6.45, 7) is 3.24. The van der Waals surface area contributed by atoms with Crippen LogP contribution in [0, 0.1) is 6.92 Å². The summed E-state index contributed by atoms with van der Waals surface area (Å²) in [6, 6.07) is 8.19. The first-order chi connectivity index (χ1) is 14.3. The van der Waals surface area contributed by atoms with Crippen LogP contribution in [0.25, 0.3) is 5.69 Å². The highest BCUT2D eigenvalue weighted by molar-refractivity contribution is 5.95. The zero-order valence-corrected chi connectivity index (χ0v) is 16.2. The molecular weight excluding hydrogens is 397 g/mol. The van der Waals surface area contributed by atoms with Gasteiger partial charge in [0.05, 0.1) is 17.4 Å². The summed E-state index contributed by atoms with van der Waals surface area (Å²) >= 11 is 0. The molecule has 0 spiro atoms. The number of carbonyl (C=O) groups is 1. The summed E-state index contributed by atoms with van der Waals surface area (Å²) in [4.78, 5) is 24.6. The third-order valence-corrected chi connectivity index (χ3v) is 4.95. The van der Waals surface area contributed by atoms with Crippen molar-refractivity contribution in [2.75, 3.05) is 31.1 Å². The van der Waals surface area contributed by atoms with E-state index in [1.165, 1.54) is 4.90 Å². The minimum atomic E-state index is -4.73. The lowest BCUT2D eigenvalue weighted by Crippen LogP contribution is -2.49. The van der Waals surface area contributed by atoms with E-state index < -0.39 is 23.3 Å². The molecule has 7 nitrogen and oxygen atoms in total. The van der Waals surface area contributed by atoms with E-state index in [9.17, 15) is 18.0 Å². The number of benzene rings is 1. The maximum absolute atomic E-state index is 13.9. The third kappa shape index (κ3) is 3.85. The van der Waals surface area contributed by atoms with E-state index in [4.69, 9.17) is 0 Å². The van der Waals surface area contributed by atoms with Gasteiger partial charge >= 0.3 is 6.18 Å². The van der Waals surface area contributed by atoms with E-state index >= 15 is 0 Å². The quantitative estimate of drug-likeness (QED) is 0.657. The zero-order valence-electron chi connectivity index (χ0n) is 16.2. The first kappa shape index (κ1) is 19.9. The summed E-state index contributed by atoms with van der Waals surface area (Å²) in [5.74, 6) is -0.151. The highest BCUT2D eigenvalue weighted by atomic mass is 19.4. The second-order valence-electron chi connectivity index (χ2n) is 6.98. The van der Waals surface area contributed by atoms with Gasteiger partial charge in [0, 0.05) is 38.6 Å². The number of aryl methyl sites for hydroxylation is 1. The van der Waals surface area contributed by atoms with Crippen molar-refractivity contribution in [2.24, 2.45) is 0 Å². The van der Waals surface area contributed by atoms with E-state index in [1.807, 2.05) is 11.8 Å². The maximum Gasteiger partial charge on any atom is 0.434 e. The number of hydrogen-bond donors (Lipinski definition) is 0. The van der Waals surface area contributed by atoms with Crippen molar-refractivity contribution < 1.29 is 18.0 Å². The Kier molecular flexibility index (Phi) is 5.15. The van der Waals surface area contributed by atoms with Crippen LogP contribution >= 0.6 is 0 Å². The third-order valence-electron chi connectivity index (χ3n) is 4.95. The molecule has 3 aromatic rings. The van der Waals surface area contributed by atoms with Gasteiger partial charge in [0.2, 0.25) is 5.95 Å². The number of amides is 1. The van der Waals surface area contributed by atoms with Gasteiger partial charge in [0.25, 0.3) is 5.91 Å². The second-order valence-corrected chi connectivity index (χ2v) is 6.98. The number of carbonyl (C=O) groups excluding carboxylic acids is 1. The molecule has 2 aromatic heterocycles. The van der Waals surface area contributed by atoms with Crippen molar-refractivity contribution in [1.82, 2.24) is 24.6 Å². The highest BCUT2D eigenvalue weighted by Crippen LogP contribution is 2.34. The van der Waals surface area contributed by atoms with Crippen LogP contribution in [0.15, 0.2) is 48.9 Å². The number of halogens is 3. The monoisotopic (exact) mass is 416 g/mol. The molecule has 0 bridgehead atoms. The van der Waals surface area contributed by atoms with Crippen molar-refractivity contribution in [2.45, 2.75) is 13.1 Å². The molecule has 0 N–H and O–H groups in total. The Morgan fingerprint density at radius 1 is 1.00 bits per heavy atom. The molecule has 0 radical (unpaired) electrons.